The third-order valence-corrected chi connectivity index (χ3v) is 3.77. The zero-order valence-electron chi connectivity index (χ0n) is 10.5. The van der Waals surface area contributed by atoms with Crippen LogP contribution >= 0.6 is 62.0 Å². The largest absolute Gasteiger partial charge is 0.469 e. The SMILES string of the molecule is O=P(O)(O)OCC(Cl)CCl.O=P(O)(O)OCC(Cl)CCl.[Ca]. The minimum atomic E-state index is -4.38. The first kappa shape index (κ1) is 28.4. The molecule has 8 nitrogen and oxygen atoms in total. The molecule has 0 amide bonds. The second kappa shape index (κ2) is 14.9. The number of phosphoric acid groups is 2. The van der Waals surface area contributed by atoms with Crippen LogP contribution in [0.1, 0.15) is 0 Å². The van der Waals surface area contributed by atoms with Crippen LogP contribution in [0.3, 0.4) is 0 Å². The third kappa shape index (κ3) is 27.8. The van der Waals surface area contributed by atoms with Crippen LogP contribution in [0.5, 0.6) is 0 Å². The maximum Gasteiger partial charge on any atom is 0.469 e. The van der Waals surface area contributed by atoms with Crippen molar-refractivity contribution in [2.45, 2.75) is 10.8 Å². The fourth-order valence-corrected chi connectivity index (χ4v) is 1.67. The van der Waals surface area contributed by atoms with E-state index in [4.69, 9.17) is 66.0 Å². The minimum absolute atomic E-state index is 0. The van der Waals surface area contributed by atoms with Crippen molar-refractivity contribution >= 4 is 99.8 Å². The molecule has 0 saturated heterocycles. The van der Waals surface area contributed by atoms with E-state index in [1.165, 1.54) is 0 Å². The Kier molecular flexibility index (Phi) is 20.2. The zero-order chi connectivity index (χ0) is 16.4. The summed E-state index contributed by atoms with van der Waals surface area (Å²) in [6.07, 6.45) is 0. The Labute approximate surface area is 171 Å². The Morgan fingerprint density at radius 2 is 1.05 bits per heavy atom. The molecule has 126 valence electrons. The molecule has 0 spiro atoms. The van der Waals surface area contributed by atoms with Crippen molar-refractivity contribution in [1.82, 2.24) is 0 Å². The van der Waals surface area contributed by atoms with Crippen LogP contribution in [0.25, 0.3) is 0 Å². The van der Waals surface area contributed by atoms with E-state index in [-0.39, 0.29) is 62.7 Å². The van der Waals surface area contributed by atoms with Crippen molar-refractivity contribution < 1.29 is 37.8 Å². The summed E-state index contributed by atoms with van der Waals surface area (Å²) < 4.78 is 28.1. The van der Waals surface area contributed by atoms with Crippen LogP contribution in [0, 0.1) is 0 Å². The van der Waals surface area contributed by atoms with Gasteiger partial charge in [0.1, 0.15) is 0 Å². The van der Waals surface area contributed by atoms with E-state index in [1.807, 2.05) is 0 Å². The summed E-state index contributed by atoms with van der Waals surface area (Å²) >= 11 is 21.2. The monoisotopic (exact) mass is 456 g/mol. The molecular formula is C6H14CaCl4O8P2. The van der Waals surface area contributed by atoms with Crippen molar-refractivity contribution in [3.63, 3.8) is 0 Å². The maximum absolute atomic E-state index is 10.0. The second-order valence-electron chi connectivity index (χ2n) is 3.08. The first-order chi connectivity index (χ1) is 8.91. The van der Waals surface area contributed by atoms with Gasteiger partial charge in [-0.15, -0.1) is 46.4 Å². The van der Waals surface area contributed by atoms with Gasteiger partial charge in [-0.2, -0.15) is 0 Å². The van der Waals surface area contributed by atoms with Crippen molar-refractivity contribution in [1.29, 1.82) is 0 Å². The molecule has 0 heterocycles. The quantitative estimate of drug-likeness (QED) is 0.245. The first-order valence-electron chi connectivity index (χ1n) is 4.71. The van der Waals surface area contributed by atoms with Gasteiger partial charge in [0.25, 0.3) is 0 Å². The number of hydrogen-bond donors (Lipinski definition) is 4. The molecule has 0 aliphatic rings. The maximum atomic E-state index is 10.0. The van der Waals surface area contributed by atoms with E-state index in [0.717, 1.165) is 0 Å². The average molecular weight is 458 g/mol. The molecule has 0 aromatic carbocycles. The summed E-state index contributed by atoms with van der Waals surface area (Å²) in [5, 5.41) is -1.12. The predicted octanol–water partition coefficient (Wildman–Crippen LogP) is 1.50. The van der Waals surface area contributed by atoms with E-state index in [9.17, 15) is 9.13 Å². The van der Waals surface area contributed by atoms with Gasteiger partial charge in [0.05, 0.1) is 24.0 Å². The van der Waals surface area contributed by atoms with E-state index in [1.54, 1.807) is 0 Å². The van der Waals surface area contributed by atoms with Crippen LogP contribution in [0.2, 0.25) is 0 Å². The van der Waals surface area contributed by atoms with Gasteiger partial charge in [-0.05, 0) is 0 Å². The van der Waals surface area contributed by atoms with E-state index in [2.05, 4.69) is 9.05 Å². The van der Waals surface area contributed by atoms with Gasteiger partial charge in [-0.25, -0.2) is 9.13 Å². The molecule has 0 aromatic rings. The Balaban J connectivity index is -0.000000295. The summed E-state index contributed by atoms with van der Waals surface area (Å²) in [6, 6.07) is 0. The Bertz CT molecular complexity index is 307. The summed E-state index contributed by atoms with van der Waals surface area (Å²) in [4.78, 5) is 32.6. The third-order valence-electron chi connectivity index (χ3n) is 1.18. The van der Waals surface area contributed by atoms with E-state index < -0.39 is 26.4 Å². The van der Waals surface area contributed by atoms with Crippen LogP contribution in [0.4, 0.5) is 0 Å². The number of alkyl halides is 4. The predicted molar refractivity (Wildman–Crippen MR) is 82.5 cm³/mol. The topological polar surface area (TPSA) is 134 Å². The molecular weight excluding hydrogens is 444 g/mol. The van der Waals surface area contributed by atoms with Crippen molar-refractivity contribution in [2.24, 2.45) is 0 Å². The fraction of sp³-hybridized carbons (Fsp3) is 1.00. The second-order valence-corrected chi connectivity index (χ2v) is 7.41. The molecule has 0 saturated carbocycles. The van der Waals surface area contributed by atoms with Crippen molar-refractivity contribution in [3.05, 3.63) is 0 Å². The van der Waals surface area contributed by atoms with Crippen molar-refractivity contribution in [3.8, 4) is 0 Å². The Morgan fingerprint density at radius 3 is 1.19 bits per heavy atom. The molecule has 15 heteroatoms. The van der Waals surface area contributed by atoms with Crippen molar-refractivity contribution in [2.75, 3.05) is 25.0 Å². The molecule has 2 unspecified atom stereocenters. The van der Waals surface area contributed by atoms with E-state index in [0.29, 0.717) is 0 Å². The number of phosphoric ester groups is 2. The summed E-state index contributed by atoms with van der Waals surface area (Å²) in [6.45, 7) is -0.481. The molecule has 0 rings (SSSR count). The van der Waals surface area contributed by atoms with Crippen LogP contribution < -0.4 is 0 Å². The molecule has 0 fully saturated rings. The average Bonchev–Trinajstić information content (AvgIpc) is 2.31. The van der Waals surface area contributed by atoms with E-state index >= 15 is 0 Å². The van der Waals surface area contributed by atoms with Crippen LogP contribution in [-0.2, 0) is 18.2 Å². The van der Waals surface area contributed by atoms with Gasteiger partial charge >= 0.3 is 15.6 Å². The zero-order valence-corrected chi connectivity index (χ0v) is 17.5. The molecule has 0 aliphatic heterocycles. The molecule has 2 atom stereocenters. The molecule has 0 aliphatic carbocycles. The fourth-order valence-electron chi connectivity index (χ4n) is 0.445. The summed E-state index contributed by atoms with van der Waals surface area (Å²) in [7, 11) is -8.75. The normalized spacial score (nSPS) is 14.5. The smallest absolute Gasteiger partial charge is 0.303 e. The van der Waals surface area contributed by atoms with Gasteiger partial charge in [0, 0.05) is 49.5 Å². The van der Waals surface area contributed by atoms with Crippen LogP contribution in [-0.4, -0.2) is 93.0 Å². The minimum Gasteiger partial charge on any atom is -0.303 e. The van der Waals surface area contributed by atoms with Gasteiger partial charge in [0.15, 0.2) is 0 Å². The Morgan fingerprint density at radius 1 is 0.810 bits per heavy atom. The molecule has 0 bridgehead atoms. The van der Waals surface area contributed by atoms with Crippen LogP contribution in [0.15, 0.2) is 0 Å². The molecule has 4 N–H and O–H groups in total. The van der Waals surface area contributed by atoms with Gasteiger partial charge < -0.3 is 19.6 Å². The Hall–Kier alpha value is 2.64. The number of halogens is 4. The van der Waals surface area contributed by atoms with Gasteiger partial charge in [0.2, 0.25) is 0 Å². The molecule has 2 radical (unpaired) electrons. The molecule has 21 heavy (non-hydrogen) atoms. The first-order valence-corrected chi connectivity index (χ1v) is 9.71. The number of rotatable bonds is 8. The summed E-state index contributed by atoms with van der Waals surface area (Å²) in [5.41, 5.74) is 0. The standard InChI is InChI=1S/2C3H7Cl2O4P.Ca/c2*4-1-3(5)2-9-10(6,7)8;/h2*3H,1-2H2,(H2,6,7,8);. The summed E-state index contributed by atoms with van der Waals surface area (Å²) in [5.74, 6) is 0.198. The molecule has 0 aromatic heterocycles. The van der Waals surface area contributed by atoms with Gasteiger partial charge in [-0.1, -0.05) is 0 Å². The number of hydrogen-bond acceptors (Lipinski definition) is 4. The van der Waals surface area contributed by atoms with Gasteiger partial charge in [-0.3, -0.25) is 9.05 Å².